The Kier molecular flexibility index (Phi) is 4.36. The van der Waals surface area contributed by atoms with Gasteiger partial charge in [0.15, 0.2) is 5.69 Å². The molecule has 0 amide bonds. The molecular formula is C15H15Cl2N3O2. The minimum absolute atomic E-state index is 0.0120. The van der Waals surface area contributed by atoms with E-state index in [1.165, 1.54) is 6.42 Å². The molecule has 1 N–H and O–H groups in total. The summed E-state index contributed by atoms with van der Waals surface area (Å²) in [4.78, 5) is 11.5. The first-order valence-corrected chi connectivity index (χ1v) is 7.98. The average Bonchev–Trinajstić information content (AvgIpc) is 2.93. The predicted octanol–water partition coefficient (Wildman–Crippen LogP) is 4.32. The third kappa shape index (κ3) is 2.83. The van der Waals surface area contributed by atoms with Gasteiger partial charge in [0, 0.05) is 10.9 Å². The maximum Gasteiger partial charge on any atom is 0.358 e. The number of hydrogen-bond donors (Lipinski definition) is 1. The summed E-state index contributed by atoms with van der Waals surface area (Å²) in [6.07, 6.45) is 5.24. The number of aromatic nitrogens is 3. The van der Waals surface area contributed by atoms with Crippen LogP contribution in [0.25, 0.3) is 5.69 Å². The second kappa shape index (κ2) is 6.26. The van der Waals surface area contributed by atoms with E-state index in [4.69, 9.17) is 23.2 Å². The van der Waals surface area contributed by atoms with E-state index in [0.29, 0.717) is 21.4 Å². The van der Waals surface area contributed by atoms with E-state index in [2.05, 4.69) is 10.3 Å². The summed E-state index contributed by atoms with van der Waals surface area (Å²) in [6.45, 7) is 0. The molecule has 1 heterocycles. The van der Waals surface area contributed by atoms with Crippen molar-refractivity contribution in [2.45, 2.75) is 38.0 Å². The van der Waals surface area contributed by atoms with Crippen LogP contribution in [0.3, 0.4) is 0 Å². The normalized spacial score (nSPS) is 15.9. The van der Waals surface area contributed by atoms with Crippen molar-refractivity contribution < 1.29 is 9.90 Å². The van der Waals surface area contributed by atoms with Crippen molar-refractivity contribution in [2.24, 2.45) is 0 Å². The molecule has 1 aliphatic carbocycles. The number of carbonyl (C=O) groups is 1. The van der Waals surface area contributed by atoms with Crippen LogP contribution in [0, 0.1) is 0 Å². The van der Waals surface area contributed by atoms with Gasteiger partial charge in [-0.15, -0.1) is 5.10 Å². The van der Waals surface area contributed by atoms with Gasteiger partial charge in [0.2, 0.25) is 0 Å². The number of carboxylic acid groups (broad SMARTS) is 1. The predicted molar refractivity (Wildman–Crippen MR) is 84.2 cm³/mol. The van der Waals surface area contributed by atoms with E-state index < -0.39 is 5.97 Å². The molecule has 22 heavy (non-hydrogen) atoms. The maximum atomic E-state index is 11.5. The lowest BCUT2D eigenvalue weighted by Crippen LogP contribution is -2.14. The van der Waals surface area contributed by atoms with Crippen molar-refractivity contribution in [1.82, 2.24) is 15.0 Å². The molecule has 116 valence electrons. The molecule has 0 atom stereocenters. The van der Waals surface area contributed by atoms with Gasteiger partial charge in [0.25, 0.3) is 0 Å². The standard InChI is InChI=1S/C15H15Cl2N3O2/c16-10-6-7-12(11(17)8-10)20-14(9-4-2-1-3-5-9)13(15(21)22)18-19-20/h6-9H,1-5H2,(H,21,22). The third-order valence-electron chi connectivity index (χ3n) is 4.04. The molecule has 1 aromatic heterocycles. The van der Waals surface area contributed by atoms with Gasteiger partial charge in [-0.05, 0) is 31.0 Å². The monoisotopic (exact) mass is 339 g/mol. The van der Waals surface area contributed by atoms with Crippen molar-refractivity contribution in [2.75, 3.05) is 0 Å². The second-order valence-electron chi connectivity index (χ2n) is 5.47. The Morgan fingerprint density at radius 2 is 1.95 bits per heavy atom. The van der Waals surface area contributed by atoms with Crippen molar-refractivity contribution in [3.8, 4) is 5.69 Å². The lowest BCUT2D eigenvalue weighted by atomic mass is 9.86. The topological polar surface area (TPSA) is 68.0 Å². The van der Waals surface area contributed by atoms with Gasteiger partial charge >= 0.3 is 5.97 Å². The van der Waals surface area contributed by atoms with Crippen LogP contribution in [-0.4, -0.2) is 26.1 Å². The Bertz CT molecular complexity index is 709. The molecule has 5 nitrogen and oxygen atoms in total. The Morgan fingerprint density at radius 3 is 2.59 bits per heavy atom. The summed E-state index contributed by atoms with van der Waals surface area (Å²) >= 11 is 12.2. The first kappa shape index (κ1) is 15.3. The highest BCUT2D eigenvalue weighted by Crippen LogP contribution is 2.36. The molecule has 0 unspecified atom stereocenters. The number of carboxylic acids is 1. The molecule has 0 saturated heterocycles. The fourth-order valence-corrected chi connectivity index (χ4v) is 3.50. The SMILES string of the molecule is O=C(O)c1nnn(-c2ccc(Cl)cc2Cl)c1C1CCCCC1. The average molecular weight is 340 g/mol. The van der Waals surface area contributed by atoms with Gasteiger partial charge in [-0.3, -0.25) is 0 Å². The maximum absolute atomic E-state index is 11.5. The molecule has 0 spiro atoms. The van der Waals surface area contributed by atoms with Gasteiger partial charge in [-0.25, -0.2) is 9.48 Å². The quantitative estimate of drug-likeness (QED) is 0.903. The molecule has 1 aromatic carbocycles. The highest BCUT2D eigenvalue weighted by Gasteiger charge is 2.28. The van der Waals surface area contributed by atoms with Crippen LogP contribution in [-0.2, 0) is 0 Å². The van der Waals surface area contributed by atoms with Gasteiger partial charge in [0.05, 0.1) is 16.4 Å². The zero-order valence-electron chi connectivity index (χ0n) is 11.8. The Labute approximate surface area is 137 Å². The van der Waals surface area contributed by atoms with Crippen LogP contribution < -0.4 is 0 Å². The summed E-state index contributed by atoms with van der Waals surface area (Å²) in [6, 6.07) is 5.05. The van der Waals surface area contributed by atoms with E-state index in [1.54, 1.807) is 22.9 Å². The van der Waals surface area contributed by atoms with E-state index in [0.717, 1.165) is 25.7 Å². The Hall–Kier alpha value is -1.59. The zero-order valence-corrected chi connectivity index (χ0v) is 13.3. The number of aromatic carboxylic acids is 1. The van der Waals surface area contributed by atoms with Crippen molar-refractivity contribution in [1.29, 1.82) is 0 Å². The molecule has 0 radical (unpaired) electrons. The minimum Gasteiger partial charge on any atom is -0.476 e. The second-order valence-corrected chi connectivity index (χ2v) is 6.31. The molecule has 2 aromatic rings. The third-order valence-corrected chi connectivity index (χ3v) is 4.58. The van der Waals surface area contributed by atoms with E-state index in [9.17, 15) is 9.90 Å². The number of hydrogen-bond acceptors (Lipinski definition) is 3. The largest absolute Gasteiger partial charge is 0.476 e. The van der Waals surface area contributed by atoms with Crippen LogP contribution in [0.4, 0.5) is 0 Å². The van der Waals surface area contributed by atoms with Crippen LogP contribution in [0.2, 0.25) is 10.0 Å². The summed E-state index contributed by atoms with van der Waals surface area (Å²) in [5, 5.41) is 18.2. The number of halogens is 2. The smallest absolute Gasteiger partial charge is 0.358 e. The molecule has 1 aliphatic rings. The summed E-state index contributed by atoms with van der Waals surface area (Å²) in [5.74, 6) is -0.918. The van der Waals surface area contributed by atoms with Crippen molar-refractivity contribution in [3.05, 3.63) is 39.6 Å². The lowest BCUT2D eigenvalue weighted by molar-refractivity contribution is 0.0688. The molecule has 0 aliphatic heterocycles. The number of rotatable bonds is 3. The van der Waals surface area contributed by atoms with E-state index in [-0.39, 0.29) is 11.6 Å². The molecule has 1 fully saturated rings. The first-order chi connectivity index (χ1) is 10.6. The van der Waals surface area contributed by atoms with Crippen LogP contribution in [0.5, 0.6) is 0 Å². The Balaban J connectivity index is 2.13. The lowest BCUT2D eigenvalue weighted by Gasteiger charge is -2.22. The highest BCUT2D eigenvalue weighted by atomic mass is 35.5. The zero-order chi connectivity index (χ0) is 15.7. The molecular weight excluding hydrogens is 325 g/mol. The minimum atomic E-state index is -1.06. The summed E-state index contributed by atoms with van der Waals surface area (Å²) in [5.41, 5.74) is 1.25. The van der Waals surface area contributed by atoms with E-state index >= 15 is 0 Å². The van der Waals surface area contributed by atoms with Gasteiger partial charge in [0.1, 0.15) is 0 Å². The number of benzene rings is 1. The van der Waals surface area contributed by atoms with Gasteiger partial charge < -0.3 is 5.11 Å². The van der Waals surface area contributed by atoms with E-state index in [1.807, 2.05) is 0 Å². The van der Waals surface area contributed by atoms with Crippen LogP contribution in [0.15, 0.2) is 18.2 Å². The van der Waals surface area contributed by atoms with Crippen molar-refractivity contribution in [3.63, 3.8) is 0 Å². The van der Waals surface area contributed by atoms with Crippen molar-refractivity contribution >= 4 is 29.2 Å². The van der Waals surface area contributed by atoms with Gasteiger partial charge in [-0.1, -0.05) is 47.7 Å². The fraction of sp³-hybridized carbons (Fsp3) is 0.400. The number of nitrogens with zero attached hydrogens (tertiary/aromatic N) is 3. The molecule has 1 saturated carbocycles. The van der Waals surface area contributed by atoms with Gasteiger partial charge in [-0.2, -0.15) is 0 Å². The van der Waals surface area contributed by atoms with Crippen LogP contribution >= 0.6 is 23.2 Å². The van der Waals surface area contributed by atoms with Crippen LogP contribution in [0.1, 0.15) is 54.2 Å². The molecule has 3 rings (SSSR count). The first-order valence-electron chi connectivity index (χ1n) is 7.22. The molecule has 7 heteroatoms. The summed E-state index contributed by atoms with van der Waals surface area (Å²) in [7, 11) is 0. The molecule has 0 bridgehead atoms. The summed E-state index contributed by atoms with van der Waals surface area (Å²) < 4.78 is 1.55. The Morgan fingerprint density at radius 1 is 1.23 bits per heavy atom. The fourth-order valence-electron chi connectivity index (χ4n) is 3.01. The highest BCUT2D eigenvalue weighted by molar-refractivity contribution is 6.35.